The van der Waals surface area contributed by atoms with E-state index >= 15 is 0 Å². The van der Waals surface area contributed by atoms with Gasteiger partial charge in [-0.2, -0.15) is 0 Å². The van der Waals surface area contributed by atoms with Gasteiger partial charge in [-0.25, -0.2) is 0 Å². The van der Waals surface area contributed by atoms with Gasteiger partial charge in [0.25, 0.3) is 0 Å². The first kappa shape index (κ1) is 12.1. The summed E-state index contributed by atoms with van der Waals surface area (Å²) in [5.41, 5.74) is 4.13. The van der Waals surface area contributed by atoms with Crippen LogP contribution in [-0.2, 0) is 0 Å². The lowest BCUT2D eigenvalue weighted by molar-refractivity contribution is 1.50. The van der Waals surface area contributed by atoms with Crippen molar-refractivity contribution >= 4 is 43.5 Å². The summed E-state index contributed by atoms with van der Waals surface area (Å²) < 4.78 is 1.37. The summed E-state index contributed by atoms with van der Waals surface area (Å²) in [6.45, 7) is 4.44. The van der Waals surface area contributed by atoms with Gasteiger partial charge in [-0.15, -0.1) is 22.7 Å². The molecular weight excluding hydrogens is 280 g/mol. The fraction of sp³-hybridized carbons (Fsp3) is 0.111. The second-order valence-electron chi connectivity index (χ2n) is 5.12. The molecule has 0 aliphatic rings. The van der Waals surface area contributed by atoms with Gasteiger partial charge in [-0.1, -0.05) is 18.2 Å². The molecule has 0 spiro atoms. The number of fused-ring (bicyclic) bond motifs is 3. The van der Waals surface area contributed by atoms with Gasteiger partial charge < -0.3 is 0 Å². The summed E-state index contributed by atoms with van der Waals surface area (Å²) in [6.07, 6.45) is 0. The van der Waals surface area contributed by atoms with Crippen molar-refractivity contribution in [3.8, 4) is 11.1 Å². The standard InChI is InChI=1S/C18H14S2/c1-11-13(15-7-9-19-12(15)2)3-4-16-14(11)5-6-18-17(16)8-10-20-18/h3-10H,1-2H3. The van der Waals surface area contributed by atoms with Gasteiger partial charge in [-0.05, 0) is 70.3 Å². The Labute approximate surface area is 126 Å². The molecule has 0 atom stereocenters. The van der Waals surface area contributed by atoms with Crippen LogP contribution in [0.5, 0.6) is 0 Å². The number of rotatable bonds is 1. The summed E-state index contributed by atoms with van der Waals surface area (Å²) >= 11 is 3.63. The summed E-state index contributed by atoms with van der Waals surface area (Å²) in [5, 5.41) is 8.48. The third-order valence-corrected chi connectivity index (χ3v) is 5.78. The van der Waals surface area contributed by atoms with E-state index < -0.39 is 0 Å². The van der Waals surface area contributed by atoms with Gasteiger partial charge in [0, 0.05) is 15.0 Å². The van der Waals surface area contributed by atoms with Crippen molar-refractivity contribution in [3.05, 3.63) is 57.6 Å². The topological polar surface area (TPSA) is 0 Å². The molecule has 4 aromatic rings. The predicted octanol–water partition coefficient (Wildman–Crippen LogP) is 6.40. The summed E-state index contributed by atoms with van der Waals surface area (Å²) in [4.78, 5) is 1.39. The highest BCUT2D eigenvalue weighted by atomic mass is 32.1. The van der Waals surface area contributed by atoms with Crippen LogP contribution in [0.25, 0.3) is 32.0 Å². The molecule has 0 fully saturated rings. The number of hydrogen-bond donors (Lipinski definition) is 0. The zero-order chi connectivity index (χ0) is 13.7. The Morgan fingerprint density at radius 3 is 2.25 bits per heavy atom. The first-order valence-corrected chi connectivity index (χ1v) is 8.45. The van der Waals surface area contributed by atoms with Crippen LogP contribution in [-0.4, -0.2) is 0 Å². The SMILES string of the molecule is Cc1sccc1-c1ccc2c(ccc3sccc32)c1C. The summed E-state index contributed by atoms with van der Waals surface area (Å²) in [5.74, 6) is 0. The first-order chi connectivity index (χ1) is 9.75. The van der Waals surface area contributed by atoms with E-state index in [1.807, 2.05) is 22.7 Å². The van der Waals surface area contributed by atoms with Gasteiger partial charge in [0.1, 0.15) is 0 Å². The third-order valence-electron chi connectivity index (χ3n) is 4.05. The quantitative estimate of drug-likeness (QED) is 0.381. The molecule has 0 amide bonds. The fourth-order valence-electron chi connectivity index (χ4n) is 2.97. The molecule has 0 radical (unpaired) electrons. The lowest BCUT2D eigenvalue weighted by Crippen LogP contribution is -1.86. The van der Waals surface area contributed by atoms with E-state index in [2.05, 4.69) is 61.0 Å². The zero-order valence-corrected chi connectivity index (χ0v) is 13.1. The molecule has 2 heterocycles. The average molecular weight is 294 g/mol. The highest BCUT2D eigenvalue weighted by molar-refractivity contribution is 7.17. The Kier molecular flexibility index (Phi) is 2.69. The van der Waals surface area contributed by atoms with E-state index in [-0.39, 0.29) is 0 Å². The first-order valence-electron chi connectivity index (χ1n) is 6.70. The normalized spacial score (nSPS) is 11.5. The average Bonchev–Trinajstić information content (AvgIpc) is 3.08. The zero-order valence-electron chi connectivity index (χ0n) is 11.4. The molecule has 0 saturated carbocycles. The Hall–Kier alpha value is -1.64. The molecule has 0 aliphatic carbocycles. The second kappa shape index (κ2) is 4.44. The minimum Gasteiger partial charge on any atom is -0.149 e. The Morgan fingerprint density at radius 1 is 0.650 bits per heavy atom. The maximum Gasteiger partial charge on any atom is 0.0349 e. The summed E-state index contributed by atoms with van der Waals surface area (Å²) in [7, 11) is 0. The lowest BCUT2D eigenvalue weighted by Gasteiger charge is -2.10. The molecule has 0 nitrogen and oxygen atoms in total. The Balaban J connectivity index is 2.09. The van der Waals surface area contributed by atoms with Crippen molar-refractivity contribution in [1.29, 1.82) is 0 Å². The van der Waals surface area contributed by atoms with Crippen LogP contribution in [0.2, 0.25) is 0 Å². The number of aryl methyl sites for hydroxylation is 2. The van der Waals surface area contributed by atoms with Gasteiger partial charge in [-0.3, -0.25) is 0 Å². The molecule has 98 valence electrons. The van der Waals surface area contributed by atoms with Gasteiger partial charge in [0.05, 0.1) is 0 Å². The van der Waals surface area contributed by atoms with Gasteiger partial charge in [0.2, 0.25) is 0 Å². The monoisotopic (exact) mass is 294 g/mol. The highest BCUT2D eigenvalue weighted by Crippen LogP contribution is 2.37. The van der Waals surface area contributed by atoms with Crippen molar-refractivity contribution in [2.45, 2.75) is 13.8 Å². The fourth-order valence-corrected chi connectivity index (χ4v) is 4.48. The molecule has 2 aromatic heterocycles. The Bertz CT molecular complexity index is 925. The van der Waals surface area contributed by atoms with E-state index in [4.69, 9.17) is 0 Å². The minimum atomic E-state index is 1.37. The van der Waals surface area contributed by atoms with E-state index in [1.54, 1.807) is 0 Å². The van der Waals surface area contributed by atoms with Crippen molar-refractivity contribution in [2.75, 3.05) is 0 Å². The number of benzene rings is 2. The second-order valence-corrected chi connectivity index (χ2v) is 7.19. The van der Waals surface area contributed by atoms with Crippen molar-refractivity contribution in [3.63, 3.8) is 0 Å². The van der Waals surface area contributed by atoms with E-state index in [1.165, 1.54) is 42.4 Å². The van der Waals surface area contributed by atoms with Crippen molar-refractivity contribution in [1.82, 2.24) is 0 Å². The highest BCUT2D eigenvalue weighted by Gasteiger charge is 2.10. The number of hydrogen-bond acceptors (Lipinski definition) is 2. The molecule has 4 rings (SSSR count). The van der Waals surface area contributed by atoms with E-state index in [9.17, 15) is 0 Å². The largest absolute Gasteiger partial charge is 0.149 e. The van der Waals surface area contributed by atoms with E-state index in [0.29, 0.717) is 0 Å². The van der Waals surface area contributed by atoms with Crippen LogP contribution < -0.4 is 0 Å². The summed E-state index contributed by atoms with van der Waals surface area (Å²) in [6, 6.07) is 13.6. The molecular formula is C18H14S2. The maximum absolute atomic E-state index is 2.28. The van der Waals surface area contributed by atoms with Crippen molar-refractivity contribution in [2.24, 2.45) is 0 Å². The van der Waals surface area contributed by atoms with Gasteiger partial charge >= 0.3 is 0 Å². The lowest BCUT2D eigenvalue weighted by atomic mass is 9.94. The molecule has 0 N–H and O–H groups in total. The van der Waals surface area contributed by atoms with Gasteiger partial charge in [0.15, 0.2) is 0 Å². The van der Waals surface area contributed by atoms with Crippen LogP contribution in [0.15, 0.2) is 47.2 Å². The van der Waals surface area contributed by atoms with E-state index in [0.717, 1.165) is 0 Å². The smallest absolute Gasteiger partial charge is 0.0349 e. The molecule has 0 unspecified atom stereocenters. The molecule has 0 aliphatic heterocycles. The third kappa shape index (κ3) is 1.65. The van der Waals surface area contributed by atoms with Crippen LogP contribution in [0.1, 0.15) is 10.4 Å². The maximum atomic E-state index is 2.28. The van der Waals surface area contributed by atoms with Crippen LogP contribution in [0.3, 0.4) is 0 Å². The molecule has 0 bridgehead atoms. The van der Waals surface area contributed by atoms with Crippen LogP contribution in [0.4, 0.5) is 0 Å². The van der Waals surface area contributed by atoms with Crippen LogP contribution >= 0.6 is 22.7 Å². The van der Waals surface area contributed by atoms with Crippen molar-refractivity contribution < 1.29 is 0 Å². The molecule has 20 heavy (non-hydrogen) atoms. The molecule has 2 heteroatoms. The predicted molar refractivity (Wildman–Crippen MR) is 92.1 cm³/mol. The van der Waals surface area contributed by atoms with Crippen LogP contribution in [0, 0.1) is 13.8 Å². The molecule has 0 saturated heterocycles. The Morgan fingerprint density at radius 2 is 1.45 bits per heavy atom. The molecule has 2 aromatic carbocycles. The number of thiophene rings is 2. The minimum absolute atomic E-state index is 1.37.